The van der Waals surface area contributed by atoms with E-state index in [1.165, 1.54) is 32.1 Å². The molecule has 3 N–H and O–H groups in total. The Morgan fingerprint density at radius 1 is 1.24 bits per heavy atom. The van der Waals surface area contributed by atoms with Crippen molar-refractivity contribution in [3.8, 4) is 5.75 Å². The predicted molar refractivity (Wildman–Crippen MR) is 85.2 cm³/mol. The summed E-state index contributed by atoms with van der Waals surface area (Å²) in [6, 6.07) is 7.21. The third-order valence-corrected chi connectivity index (χ3v) is 4.25. The number of anilines is 1. The zero-order chi connectivity index (χ0) is 15.1. The second-order valence-electron chi connectivity index (χ2n) is 6.32. The largest absolute Gasteiger partial charge is 0.493 e. The number of amides is 1. The van der Waals surface area contributed by atoms with Crippen LogP contribution in [0, 0.1) is 5.41 Å². The molecule has 1 saturated carbocycles. The highest BCUT2D eigenvalue weighted by Crippen LogP contribution is 2.34. The summed E-state index contributed by atoms with van der Waals surface area (Å²) in [7, 11) is 0. The molecule has 21 heavy (non-hydrogen) atoms. The van der Waals surface area contributed by atoms with Crippen molar-refractivity contribution >= 4 is 11.6 Å². The number of carbonyl (C=O) groups is 1. The minimum atomic E-state index is 0.0669. The fourth-order valence-electron chi connectivity index (χ4n) is 2.81. The Morgan fingerprint density at radius 3 is 2.57 bits per heavy atom. The lowest BCUT2D eigenvalue weighted by molar-refractivity contribution is -0.122. The van der Waals surface area contributed by atoms with Crippen LogP contribution in [0.5, 0.6) is 5.75 Å². The van der Waals surface area contributed by atoms with Crippen LogP contribution in [-0.4, -0.2) is 19.1 Å². The van der Waals surface area contributed by atoms with Gasteiger partial charge in [0.1, 0.15) is 5.75 Å². The molecule has 0 radical (unpaired) electrons. The van der Waals surface area contributed by atoms with Crippen molar-refractivity contribution in [1.82, 2.24) is 5.32 Å². The van der Waals surface area contributed by atoms with Gasteiger partial charge in [-0.1, -0.05) is 26.2 Å². The Kier molecular flexibility index (Phi) is 5.48. The molecule has 0 bridgehead atoms. The van der Waals surface area contributed by atoms with Gasteiger partial charge in [-0.05, 0) is 42.5 Å². The SMILES string of the molecule is CC1(CNC(=O)CCOc2ccc(N)cc2)CCCCC1. The van der Waals surface area contributed by atoms with Crippen LogP contribution in [0.3, 0.4) is 0 Å². The Bertz CT molecular complexity index is 450. The van der Waals surface area contributed by atoms with Crippen LogP contribution < -0.4 is 15.8 Å². The van der Waals surface area contributed by atoms with Crippen LogP contribution in [0.1, 0.15) is 45.4 Å². The zero-order valence-corrected chi connectivity index (χ0v) is 12.9. The topological polar surface area (TPSA) is 64.3 Å². The Hall–Kier alpha value is -1.71. The second kappa shape index (κ2) is 7.34. The zero-order valence-electron chi connectivity index (χ0n) is 12.9. The van der Waals surface area contributed by atoms with Crippen molar-refractivity contribution in [3.05, 3.63) is 24.3 Å². The highest BCUT2D eigenvalue weighted by Gasteiger charge is 2.26. The molecule has 1 aromatic carbocycles. The van der Waals surface area contributed by atoms with Crippen LogP contribution in [-0.2, 0) is 4.79 Å². The van der Waals surface area contributed by atoms with Crippen molar-refractivity contribution in [2.45, 2.75) is 45.4 Å². The van der Waals surface area contributed by atoms with Gasteiger partial charge in [-0.15, -0.1) is 0 Å². The normalized spacial score (nSPS) is 17.2. The van der Waals surface area contributed by atoms with Crippen molar-refractivity contribution < 1.29 is 9.53 Å². The quantitative estimate of drug-likeness (QED) is 0.791. The number of benzene rings is 1. The molecule has 0 atom stereocenters. The van der Waals surface area contributed by atoms with Crippen LogP contribution in [0.2, 0.25) is 0 Å². The van der Waals surface area contributed by atoms with Crippen molar-refractivity contribution in [1.29, 1.82) is 0 Å². The highest BCUT2D eigenvalue weighted by molar-refractivity contribution is 5.76. The smallest absolute Gasteiger partial charge is 0.223 e. The number of rotatable bonds is 6. The molecule has 0 aliphatic heterocycles. The monoisotopic (exact) mass is 290 g/mol. The van der Waals surface area contributed by atoms with E-state index in [4.69, 9.17) is 10.5 Å². The first-order valence-corrected chi connectivity index (χ1v) is 7.82. The molecule has 2 rings (SSSR count). The number of hydrogen-bond donors (Lipinski definition) is 2. The van der Waals surface area contributed by atoms with E-state index >= 15 is 0 Å². The molecule has 1 aliphatic rings. The molecule has 1 aliphatic carbocycles. The molecule has 0 spiro atoms. The Balaban J connectivity index is 1.64. The standard InChI is InChI=1S/C17H26N2O2/c1-17(10-3-2-4-11-17)13-19-16(20)9-12-21-15-7-5-14(18)6-8-15/h5-8H,2-4,9-13,18H2,1H3,(H,19,20). The first kappa shape index (κ1) is 15.7. The van der Waals surface area contributed by atoms with Gasteiger partial charge in [0.2, 0.25) is 5.91 Å². The van der Waals surface area contributed by atoms with E-state index in [9.17, 15) is 4.79 Å². The van der Waals surface area contributed by atoms with Gasteiger partial charge in [0, 0.05) is 12.2 Å². The molecule has 1 fully saturated rings. The molecular weight excluding hydrogens is 264 g/mol. The number of nitrogens with one attached hydrogen (secondary N) is 1. The number of nitrogen functional groups attached to an aromatic ring is 1. The van der Waals surface area contributed by atoms with Gasteiger partial charge in [0.25, 0.3) is 0 Å². The van der Waals surface area contributed by atoms with Crippen LogP contribution in [0.4, 0.5) is 5.69 Å². The van der Waals surface area contributed by atoms with E-state index in [0.29, 0.717) is 18.7 Å². The van der Waals surface area contributed by atoms with E-state index in [1.54, 1.807) is 12.1 Å². The number of nitrogens with two attached hydrogens (primary N) is 1. The van der Waals surface area contributed by atoms with Gasteiger partial charge < -0.3 is 15.8 Å². The third kappa shape index (κ3) is 5.29. The summed E-state index contributed by atoms with van der Waals surface area (Å²) in [5, 5.41) is 3.05. The van der Waals surface area contributed by atoms with Gasteiger partial charge in [-0.25, -0.2) is 0 Å². The van der Waals surface area contributed by atoms with Crippen LogP contribution in [0.15, 0.2) is 24.3 Å². The molecule has 1 amide bonds. The van der Waals surface area contributed by atoms with Gasteiger partial charge in [-0.2, -0.15) is 0 Å². The summed E-state index contributed by atoms with van der Waals surface area (Å²) in [4.78, 5) is 11.9. The van der Waals surface area contributed by atoms with E-state index in [1.807, 2.05) is 12.1 Å². The predicted octanol–water partition coefficient (Wildman–Crippen LogP) is 3.12. The van der Waals surface area contributed by atoms with E-state index < -0.39 is 0 Å². The molecule has 0 unspecified atom stereocenters. The molecule has 116 valence electrons. The van der Waals surface area contributed by atoms with E-state index in [-0.39, 0.29) is 11.3 Å². The fraction of sp³-hybridized carbons (Fsp3) is 0.588. The van der Waals surface area contributed by atoms with Gasteiger partial charge in [-0.3, -0.25) is 4.79 Å². The second-order valence-corrected chi connectivity index (χ2v) is 6.32. The van der Waals surface area contributed by atoms with E-state index in [0.717, 1.165) is 12.3 Å². The number of carbonyl (C=O) groups excluding carboxylic acids is 1. The molecule has 4 heteroatoms. The summed E-state index contributed by atoms with van der Waals surface area (Å²) < 4.78 is 5.53. The Morgan fingerprint density at radius 2 is 1.90 bits per heavy atom. The number of ether oxygens (including phenoxy) is 1. The minimum absolute atomic E-state index is 0.0669. The lowest BCUT2D eigenvalue weighted by Gasteiger charge is -2.33. The summed E-state index contributed by atoms with van der Waals surface area (Å²) in [5.41, 5.74) is 6.60. The highest BCUT2D eigenvalue weighted by atomic mass is 16.5. The fourth-order valence-corrected chi connectivity index (χ4v) is 2.81. The average molecular weight is 290 g/mol. The maximum Gasteiger partial charge on any atom is 0.223 e. The number of hydrogen-bond acceptors (Lipinski definition) is 3. The first-order valence-electron chi connectivity index (χ1n) is 7.82. The molecule has 4 nitrogen and oxygen atoms in total. The minimum Gasteiger partial charge on any atom is -0.493 e. The summed E-state index contributed by atoms with van der Waals surface area (Å²) in [6.07, 6.45) is 6.73. The van der Waals surface area contributed by atoms with E-state index in [2.05, 4.69) is 12.2 Å². The maximum atomic E-state index is 11.9. The molecular formula is C17H26N2O2. The molecule has 0 aromatic heterocycles. The lowest BCUT2D eigenvalue weighted by Crippen LogP contribution is -2.37. The lowest BCUT2D eigenvalue weighted by atomic mass is 9.76. The van der Waals surface area contributed by atoms with Crippen molar-refractivity contribution in [2.75, 3.05) is 18.9 Å². The first-order chi connectivity index (χ1) is 10.1. The summed E-state index contributed by atoms with van der Waals surface area (Å²) >= 11 is 0. The van der Waals surface area contributed by atoms with Gasteiger partial charge >= 0.3 is 0 Å². The summed E-state index contributed by atoms with van der Waals surface area (Å²) in [5.74, 6) is 0.813. The van der Waals surface area contributed by atoms with Gasteiger partial charge in [0.05, 0.1) is 13.0 Å². The van der Waals surface area contributed by atoms with Crippen LogP contribution >= 0.6 is 0 Å². The maximum absolute atomic E-state index is 11.9. The average Bonchev–Trinajstić information content (AvgIpc) is 2.48. The third-order valence-electron chi connectivity index (χ3n) is 4.25. The Labute approximate surface area is 127 Å². The summed E-state index contributed by atoms with van der Waals surface area (Å²) in [6.45, 7) is 3.46. The molecule has 1 aromatic rings. The van der Waals surface area contributed by atoms with Crippen molar-refractivity contribution in [2.24, 2.45) is 5.41 Å². The molecule has 0 heterocycles. The van der Waals surface area contributed by atoms with Crippen molar-refractivity contribution in [3.63, 3.8) is 0 Å². The molecule has 0 saturated heterocycles. The van der Waals surface area contributed by atoms with Gasteiger partial charge in [0.15, 0.2) is 0 Å². The van der Waals surface area contributed by atoms with Crippen LogP contribution in [0.25, 0.3) is 0 Å².